The van der Waals surface area contributed by atoms with Gasteiger partial charge in [0.15, 0.2) is 0 Å². The second-order valence-corrected chi connectivity index (χ2v) is 9.21. The van der Waals surface area contributed by atoms with Crippen molar-refractivity contribution in [2.75, 3.05) is 12.0 Å². The molecule has 8 nitrogen and oxygen atoms in total. The number of methoxy groups -OCH3 is 1. The average molecular weight is 486 g/mol. The van der Waals surface area contributed by atoms with Crippen LogP contribution in [0.3, 0.4) is 0 Å². The van der Waals surface area contributed by atoms with Crippen LogP contribution in [0.25, 0.3) is 11.0 Å². The molecule has 0 saturated heterocycles. The molecule has 1 heterocycles. The van der Waals surface area contributed by atoms with E-state index in [2.05, 4.69) is 15.6 Å². The molecule has 0 aliphatic carbocycles. The van der Waals surface area contributed by atoms with Crippen LogP contribution in [0, 0.1) is 0 Å². The maximum atomic E-state index is 14.1. The van der Waals surface area contributed by atoms with E-state index in [0.717, 1.165) is 11.9 Å². The van der Waals surface area contributed by atoms with Gasteiger partial charge in [0.2, 0.25) is 11.8 Å². The second kappa shape index (κ2) is 10.6. The highest BCUT2D eigenvalue weighted by atomic mass is 16.5. The molecule has 0 aliphatic heterocycles. The zero-order chi connectivity index (χ0) is 25.7. The molecule has 4 rings (SSSR count). The summed E-state index contributed by atoms with van der Waals surface area (Å²) in [5.41, 5.74) is 2.15. The number of carbonyl (C=O) groups is 2. The molecule has 36 heavy (non-hydrogen) atoms. The number of anilines is 1. The minimum atomic E-state index is -0.935. The highest BCUT2D eigenvalue weighted by Crippen LogP contribution is 2.35. The monoisotopic (exact) mass is 485 g/mol. The van der Waals surface area contributed by atoms with Crippen molar-refractivity contribution in [3.8, 4) is 5.75 Å². The summed E-state index contributed by atoms with van der Waals surface area (Å²) < 4.78 is 7.16. The zero-order valence-electron chi connectivity index (χ0n) is 21.0. The number of hydrogen-bond acceptors (Lipinski definition) is 5. The Morgan fingerprint density at radius 1 is 1.00 bits per heavy atom. The Hall–Kier alpha value is -4.20. The summed E-state index contributed by atoms with van der Waals surface area (Å²) in [6.45, 7) is 5.83. The first kappa shape index (κ1) is 24.9. The van der Waals surface area contributed by atoms with Gasteiger partial charge in [-0.05, 0) is 50.1 Å². The summed E-state index contributed by atoms with van der Waals surface area (Å²) in [5, 5.41) is 11.5. The van der Waals surface area contributed by atoms with Crippen molar-refractivity contribution in [3.05, 3.63) is 84.4 Å². The first-order valence-corrected chi connectivity index (χ1v) is 11.9. The number of rotatable bonds is 9. The van der Waals surface area contributed by atoms with Gasteiger partial charge in [0.25, 0.3) is 0 Å². The molecule has 0 bridgehead atoms. The van der Waals surface area contributed by atoms with Gasteiger partial charge >= 0.3 is 0 Å². The molecule has 186 valence electrons. The van der Waals surface area contributed by atoms with Crippen molar-refractivity contribution < 1.29 is 14.3 Å². The molecule has 3 aromatic carbocycles. The lowest BCUT2D eigenvalue weighted by Gasteiger charge is -2.35. The summed E-state index contributed by atoms with van der Waals surface area (Å²) in [6, 6.07) is 23.0. The summed E-state index contributed by atoms with van der Waals surface area (Å²) in [7, 11) is 1.55. The van der Waals surface area contributed by atoms with E-state index in [1.54, 1.807) is 23.9 Å². The summed E-state index contributed by atoms with van der Waals surface area (Å²) in [6.07, 6.45) is 0.730. The number of ether oxygens (including phenoxy) is 1. The molecule has 0 spiro atoms. The van der Waals surface area contributed by atoms with Gasteiger partial charge in [-0.3, -0.25) is 14.5 Å². The Morgan fingerprint density at radius 2 is 1.67 bits per heavy atom. The fourth-order valence-corrected chi connectivity index (χ4v) is 4.03. The van der Waals surface area contributed by atoms with E-state index in [1.807, 2.05) is 87.5 Å². The van der Waals surface area contributed by atoms with E-state index in [0.29, 0.717) is 22.5 Å². The predicted molar refractivity (Wildman–Crippen MR) is 140 cm³/mol. The van der Waals surface area contributed by atoms with Crippen LogP contribution < -0.4 is 15.0 Å². The molecule has 0 aliphatic rings. The Labute approximate surface area is 210 Å². The topological polar surface area (TPSA) is 89.4 Å². The van der Waals surface area contributed by atoms with Crippen LogP contribution in [0.1, 0.15) is 38.8 Å². The van der Waals surface area contributed by atoms with Crippen LogP contribution in [0.15, 0.2) is 78.9 Å². The fourth-order valence-electron chi connectivity index (χ4n) is 4.03. The van der Waals surface area contributed by atoms with E-state index in [9.17, 15) is 9.59 Å². The Kier molecular flexibility index (Phi) is 7.33. The third-order valence-corrected chi connectivity index (χ3v) is 6.29. The van der Waals surface area contributed by atoms with E-state index in [-0.39, 0.29) is 18.4 Å². The van der Waals surface area contributed by atoms with Gasteiger partial charge in [0.1, 0.15) is 23.9 Å². The van der Waals surface area contributed by atoms with Crippen molar-refractivity contribution >= 4 is 28.5 Å². The van der Waals surface area contributed by atoms with Gasteiger partial charge in [0, 0.05) is 5.54 Å². The summed E-state index contributed by atoms with van der Waals surface area (Å²) >= 11 is 0. The van der Waals surface area contributed by atoms with E-state index in [4.69, 9.17) is 4.74 Å². The van der Waals surface area contributed by atoms with Gasteiger partial charge in [-0.2, -0.15) is 0 Å². The molecule has 1 aromatic heterocycles. The number of nitrogens with zero attached hydrogens (tertiary/aromatic N) is 4. The standard InChI is InChI=1S/C28H31N5O3/c1-5-28(2,3)29-27(35)26(20-13-7-6-8-14-20)33(23-17-11-12-18-24(23)36-4)25(34)19-32-22-16-10-9-15-21(22)30-31-32/h6-18,26H,5,19H2,1-4H3,(H,29,35)/t26-/m0/s1. The number of aromatic nitrogens is 3. The van der Waals surface area contributed by atoms with Crippen LogP contribution in [-0.4, -0.2) is 39.5 Å². The van der Waals surface area contributed by atoms with Gasteiger partial charge in [-0.15, -0.1) is 5.10 Å². The summed E-state index contributed by atoms with van der Waals surface area (Å²) in [4.78, 5) is 29.5. The minimum Gasteiger partial charge on any atom is -0.495 e. The molecule has 1 N–H and O–H groups in total. The maximum absolute atomic E-state index is 14.1. The molecule has 0 radical (unpaired) electrons. The van der Waals surface area contributed by atoms with E-state index >= 15 is 0 Å². The van der Waals surface area contributed by atoms with Gasteiger partial charge in [-0.25, -0.2) is 4.68 Å². The Bertz CT molecular complexity index is 1350. The first-order valence-electron chi connectivity index (χ1n) is 11.9. The lowest BCUT2D eigenvalue weighted by Crippen LogP contribution is -2.51. The quantitative estimate of drug-likeness (QED) is 0.377. The van der Waals surface area contributed by atoms with Crippen LogP contribution in [0.2, 0.25) is 0 Å². The largest absolute Gasteiger partial charge is 0.495 e. The third-order valence-electron chi connectivity index (χ3n) is 6.29. The number of nitrogens with one attached hydrogen (secondary N) is 1. The van der Waals surface area contributed by atoms with Crippen LogP contribution in [0.5, 0.6) is 5.75 Å². The highest BCUT2D eigenvalue weighted by Gasteiger charge is 2.36. The first-order chi connectivity index (χ1) is 17.3. The molecular weight excluding hydrogens is 454 g/mol. The van der Waals surface area contributed by atoms with Gasteiger partial charge in [0.05, 0.1) is 18.3 Å². The molecule has 0 unspecified atom stereocenters. The number of amides is 2. The number of hydrogen-bond donors (Lipinski definition) is 1. The van der Waals surface area contributed by atoms with E-state index < -0.39 is 11.6 Å². The van der Waals surface area contributed by atoms with Crippen LogP contribution in [-0.2, 0) is 16.1 Å². The maximum Gasteiger partial charge on any atom is 0.249 e. The SMILES string of the molecule is CCC(C)(C)NC(=O)[C@H](c1ccccc1)N(C(=O)Cn1nnc2ccccc21)c1ccccc1OC. The fraction of sp³-hybridized carbons (Fsp3) is 0.286. The van der Waals surface area contributed by atoms with Crippen LogP contribution in [0.4, 0.5) is 5.69 Å². The smallest absolute Gasteiger partial charge is 0.249 e. The van der Waals surface area contributed by atoms with E-state index in [1.165, 1.54) is 4.90 Å². The highest BCUT2D eigenvalue weighted by molar-refractivity contribution is 6.02. The number of fused-ring (bicyclic) bond motifs is 1. The van der Waals surface area contributed by atoms with Crippen molar-refractivity contribution in [2.24, 2.45) is 0 Å². The lowest BCUT2D eigenvalue weighted by molar-refractivity contribution is -0.128. The third kappa shape index (κ3) is 5.22. The average Bonchev–Trinajstić information content (AvgIpc) is 3.30. The normalized spacial score (nSPS) is 12.2. The van der Waals surface area contributed by atoms with Crippen molar-refractivity contribution in [1.82, 2.24) is 20.3 Å². The van der Waals surface area contributed by atoms with Gasteiger partial charge < -0.3 is 10.1 Å². The number of benzene rings is 3. The summed E-state index contributed by atoms with van der Waals surface area (Å²) in [5.74, 6) is -0.123. The number of carbonyl (C=O) groups excluding carboxylic acids is 2. The van der Waals surface area contributed by atoms with Crippen molar-refractivity contribution in [1.29, 1.82) is 0 Å². The molecule has 0 saturated carbocycles. The Morgan fingerprint density at radius 3 is 2.39 bits per heavy atom. The molecule has 8 heteroatoms. The molecule has 4 aromatic rings. The zero-order valence-corrected chi connectivity index (χ0v) is 21.0. The predicted octanol–water partition coefficient (Wildman–Crippen LogP) is 4.52. The van der Waals surface area contributed by atoms with Crippen LogP contribution >= 0.6 is 0 Å². The van der Waals surface area contributed by atoms with Crippen molar-refractivity contribution in [2.45, 2.75) is 45.3 Å². The molecular formula is C28H31N5O3. The number of para-hydroxylation sites is 3. The van der Waals surface area contributed by atoms with Gasteiger partial charge in [-0.1, -0.05) is 66.7 Å². The second-order valence-electron chi connectivity index (χ2n) is 9.21. The molecule has 1 atom stereocenters. The lowest BCUT2D eigenvalue weighted by atomic mass is 9.98. The molecule has 0 fully saturated rings. The minimum absolute atomic E-state index is 0.105. The molecule has 2 amide bonds. The van der Waals surface area contributed by atoms with Crippen molar-refractivity contribution in [3.63, 3.8) is 0 Å². The Balaban J connectivity index is 1.84.